The monoisotopic (exact) mass is 335 g/mol. The van der Waals surface area contributed by atoms with E-state index < -0.39 is 12.0 Å². The molecule has 0 bridgehead atoms. The number of carboxylic acids is 1. The molecule has 0 aliphatic heterocycles. The van der Waals surface area contributed by atoms with Crippen molar-refractivity contribution >= 4 is 45.4 Å². The summed E-state index contributed by atoms with van der Waals surface area (Å²) in [5.74, 6) is -0.972. The highest BCUT2D eigenvalue weighted by molar-refractivity contribution is 9.10. The van der Waals surface area contributed by atoms with Gasteiger partial charge in [-0.3, -0.25) is 4.79 Å². The average Bonchev–Trinajstić information content (AvgIpc) is 2.27. The van der Waals surface area contributed by atoms with Crippen LogP contribution in [0.3, 0.4) is 0 Å². The Bertz CT molecular complexity index is 426. The zero-order chi connectivity index (χ0) is 13.0. The van der Waals surface area contributed by atoms with E-state index in [-0.39, 0.29) is 0 Å². The van der Waals surface area contributed by atoms with Gasteiger partial charge in [0.25, 0.3) is 0 Å². The van der Waals surface area contributed by atoms with E-state index >= 15 is 0 Å². The maximum Gasteiger partial charge on any atom is 0.320 e. The van der Waals surface area contributed by atoms with Crippen molar-refractivity contribution in [3.8, 4) is 0 Å². The van der Waals surface area contributed by atoms with Crippen LogP contribution in [0, 0.1) is 0 Å². The fourth-order valence-corrected chi connectivity index (χ4v) is 4.13. The fraction of sp³-hybridized carbons (Fsp3) is 0.364. The Morgan fingerprint density at radius 3 is 2.59 bits per heavy atom. The molecule has 3 N–H and O–H groups in total. The van der Waals surface area contributed by atoms with Crippen molar-refractivity contribution in [3.63, 3.8) is 0 Å². The van der Waals surface area contributed by atoms with E-state index in [0.29, 0.717) is 6.42 Å². The third-order valence-electron chi connectivity index (χ3n) is 2.27. The molecule has 1 unspecified atom stereocenters. The summed E-state index contributed by atoms with van der Waals surface area (Å²) in [6.45, 7) is 0. The van der Waals surface area contributed by atoms with Gasteiger partial charge in [0.15, 0.2) is 0 Å². The van der Waals surface area contributed by atoms with Crippen LogP contribution >= 0.6 is 39.5 Å². The third-order valence-corrected chi connectivity index (χ3v) is 4.89. The van der Waals surface area contributed by atoms with Crippen LogP contribution in [0.15, 0.2) is 26.4 Å². The van der Waals surface area contributed by atoms with Gasteiger partial charge in [-0.2, -0.15) is 0 Å². The lowest BCUT2D eigenvalue weighted by atomic mass is 10.1. The summed E-state index contributed by atoms with van der Waals surface area (Å²) in [6, 6.07) is 3.09. The van der Waals surface area contributed by atoms with Gasteiger partial charge in [-0.25, -0.2) is 0 Å². The van der Waals surface area contributed by atoms with Gasteiger partial charge in [0, 0.05) is 14.3 Å². The summed E-state index contributed by atoms with van der Waals surface area (Å²) in [5.41, 5.74) is 6.47. The van der Waals surface area contributed by atoms with Crippen molar-refractivity contribution < 1.29 is 9.90 Å². The SMILES string of the molecule is CSc1cc(CC(N)C(=O)O)cc(Br)c1SC. The van der Waals surface area contributed by atoms with E-state index in [1.54, 1.807) is 23.5 Å². The van der Waals surface area contributed by atoms with E-state index in [2.05, 4.69) is 15.9 Å². The number of hydrogen-bond acceptors (Lipinski definition) is 4. The highest BCUT2D eigenvalue weighted by Gasteiger charge is 2.14. The first-order valence-electron chi connectivity index (χ1n) is 4.88. The van der Waals surface area contributed by atoms with Gasteiger partial charge < -0.3 is 10.8 Å². The molecule has 0 spiro atoms. The van der Waals surface area contributed by atoms with Crippen LogP contribution in [0.1, 0.15) is 5.56 Å². The lowest BCUT2D eigenvalue weighted by molar-refractivity contribution is -0.138. The van der Waals surface area contributed by atoms with Crippen molar-refractivity contribution in [3.05, 3.63) is 22.2 Å². The molecule has 0 amide bonds. The standard InChI is InChI=1S/C11H14BrNO2S2/c1-16-9-5-6(4-8(13)11(14)15)3-7(12)10(9)17-2/h3,5,8H,4,13H2,1-2H3,(H,14,15). The Hall–Kier alpha value is -0.170. The molecule has 0 aromatic heterocycles. The van der Waals surface area contributed by atoms with Gasteiger partial charge in [0.2, 0.25) is 0 Å². The Kier molecular flexibility index (Phi) is 5.85. The van der Waals surface area contributed by atoms with Gasteiger partial charge in [-0.1, -0.05) is 0 Å². The van der Waals surface area contributed by atoms with Crippen LogP contribution in [0.4, 0.5) is 0 Å². The molecule has 1 aromatic rings. The molecule has 0 heterocycles. The van der Waals surface area contributed by atoms with Crippen LogP contribution < -0.4 is 5.73 Å². The Balaban J connectivity index is 3.03. The average molecular weight is 336 g/mol. The molecule has 1 atom stereocenters. The lowest BCUT2D eigenvalue weighted by Gasteiger charge is -2.12. The second-order valence-electron chi connectivity index (χ2n) is 3.46. The maximum absolute atomic E-state index is 10.7. The molecule has 0 saturated carbocycles. The van der Waals surface area contributed by atoms with Crippen molar-refractivity contribution in [1.82, 2.24) is 0 Å². The molecule has 0 aliphatic carbocycles. The van der Waals surface area contributed by atoms with E-state index in [4.69, 9.17) is 10.8 Å². The van der Waals surface area contributed by atoms with Crippen molar-refractivity contribution in [2.24, 2.45) is 5.73 Å². The Morgan fingerprint density at radius 2 is 2.12 bits per heavy atom. The minimum Gasteiger partial charge on any atom is -0.480 e. The minimum absolute atomic E-state index is 0.343. The van der Waals surface area contributed by atoms with E-state index in [9.17, 15) is 4.79 Å². The van der Waals surface area contributed by atoms with Crippen LogP contribution in [-0.2, 0) is 11.2 Å². The zero-order valence-corrected chi connectivity index (χ0v) is 12.8. The molecule has 0 aliphatic rings. The quantitative estimate of drug-likeness (QED) is 0.810. The predicted molar refractivity (Wildman–Crippen MR) is 77.0 cm³/mol. The first kappa shape index (κ1) is 14.9. The van der Waals surface area contributed by atoms with Gasteiger partial charge in [-0.15, -0.1) is 23.5 Å². The number of rotatable bonds is 5. The van der Waals surface area contributed by atoms with Crippen molar-refractivity contribution in [2.45, 2.75) is 22.3 Å². The first-order valence-corrected chi connectivity index (χ1v) is 8.12. The third kappa shape index (κ3) is 3.91. The van der Waals surface area contributed by atoms with E-state index in [1.807, 2.05) is 24.6 Å². The molecular formula is C11H14BrNO2S2. The van der Waals surface area contributed by atoms with E-state index in [1.165, 1.54) is 4.90 Å². The van der Waals surface area contributed by atoms with Crippen LogP contribution in [0.5, 0.6) is 0 Å². The number of nitrogens with two attached hydrogens (primary N) is 1. The molecule has 17 heavy (non-hydrogen) atoms. The Labute approximate surface area is 118 Å². The molecule has 0 saturated heterocycles. The second kappa shape index (κ2) is 6.68. The largest absolute Gasteiger partial charge is 0.480 e. The van der Waals surface area contributed by atoms with Crippen LogP contribution in [0.25, 0.3) is 0 Å². The molecule has 6 heteroatoms. The summed E-state index contributed by atoms with van der Waals surface area (Å²) in [7, 11) is 0. The summed E-state index contributed by atoms with van der Waals surface area (Å²) < 4.78 is 0.990. The molecule has 0 radical (unpaired) electrons. The molecular weight excluding hydrogens is 322 g/mol. The van der Waals surface area contributed by atoms with Gasteiger partial charge in [0.1, 0.15) is 6.04 Å². The van der Waals surface area contributed by atoms with E-state index in [0.717, 1.165) is 14.9 Å². The minimum atomic E-state index is -0.972. The normalized spacial score (nSPS) is 12.5. The van der Waals surface area contributed by atoms with Crippen LogP contribution in [-0.4, -0.2) is 29.6 Å². The Morgan fingerprint density at radius 1 is 1.47 bits per heavy atom. The number of aliphatic carboxylic acids is 1. The maximum atomic E-state index is 10.7. The molecule has 3 nitrogen and oxygen atoms in total. The highest BCUT2D eigenvalue weighted by atomic mass is 79.9. The van der Waals surface area contributed by atoms with Gasteiger partial charge in [-0.05, 0) is 52.6 Å². The number of carboxylic acid groups (broad SMARTS) is 1. The number of carbonyl (C=O) groups is 1. The predicted octanol–water partition coefficient (Wildman–Crippen LogP) is 2.85. The highest BCUT2D eigenvalue weighted by Crippen LogP contribution is 2.36. The van der Waals surface area contributed by atoms with Gasteiger partial charge >= 0.3 is 5.97 Å². The topological polar surface area (TPSA) is 63.3 Å². The number of benzene rings is 1. The zero-order valence-electron chi connectivity index (χ0n) is 9.57. The van der Waals surface area contributed by atoms with Crippen LogP contribution in [0.2, 0.25) is 0 Å². The number of halogens is 1. The van der Waals surface area contributed by atoms with Crippen molar-refractivity contribution in [1.29, 1.82) is 0 Å². The lowest BCUT2D eigenvalue weighted by Crippen LogP contribution is -2.32. The molecule has 0 fully saturated rings. The fourth-order valence-electron chi connectivity index (χ4n) is 1.43. The summed E-state index contributed by atoms with van der Waals surface area (Å²) in [5, 5.41) is 8.79. The smallest absolute Gasteiger partial charge is 0.320 e. The van der Waals surface area contributed by atoms with Gasteiger partial charge in [0.05, 0.1) is 0 Å². The van der Waals surface area contributed by atoms with Crippen molar-refractivity contribution in [2.75, 3.05) is 12.5 Å². The molecule has 94 valence electrons. The molecule has 1 aromatic carbocycles. The number of hydrogen-bond donors (Lipinski definition) is 2. The summed E-state index contributed by atoms with van der Waals surface area (Å²) >= 11 is 6.81. The second-order valence-corrected chi connectivity index (χ2v) is 5.98. The first-order chi connectivity index (χ1) is 7.99. The molecule has 1 rings (SSSR count). The number of thioether (sulfide) groups is 2. The summed E-state index contributed by atoms with van der Waals surface area (Å²) in [4.78, 5) is 13.0. The summed E-state index contributed by atoms with van der Waals surface area (Å²) in [6.07, 6.45) is 4.36.